The summed E-state index contributed by atoms with van der Waals surface area (Å²) in [5.74, 6) is 0.491. The summed E-state index contributed by atoms with van der Waals surface area (Å²) in [6.07, 6.45) is -0.527. The Kier molecular flexibility index (Phi) is 3.86. The molecule has 2 fully saturated rings. The first-order valence-corrected chi connectivity index (χ1v) is 8.42. The number of aliphatic hydroxyl groups is 2. The highest BCUT2D eigenvalue weighted by Crippen LogP contribution is 2.46. The minimum Gasteiger partial charge on any atom is -0.394 e. The number of aromatic nitrogens is 4. The molecule has 0 bridgehead atoms. The van der Waals surface area contributed by atoms with Crippen molar-refractivity contribution in [3.8, 4) is 0 Å². The number of nitrogens with zero attached hydrogens (tertiary/aromatic N) is 4. The van der Waals surface area contributed by atoms with Crippen LogP contribution in [0.5, 0.6) is 0 Å². The molecule has 5 N–H and O–H groups in total. The summed E-state index contributed by atoms with van der Waals surface area (Å²) in [6, 6.07) is 0.316. The minimum atomic E-state index is -2.31. The molecule has 10 heteroatoms. The number of alkyl halides is 1. The van der Waals surface area contributed by atoms with Gasteiger partial charge in [0.15, 0.2) is 23.2 Å². The van der Waals surface area contributed by atoms with Crippen molar-refractivity contribution < 1.29 is 19.3 Å². The second-order valence-corrected chi connectivity index (χ2v) is 6.88. The average Bonchev–Trinajstić information content (AvgIpc) is 3.25. The van der Waals surface area contributed by atoms with Gasteiger partial charge in [-0.15, -0.1) is 0 Å². The molecule has 0 spiro atoms. The van der Waals surface area contributed by atoms with Crippen LogP contribution < -0.4 is 11.1 Å². The lowest BCUT2D eigenvalue weighted by molar-refractivity contribution is -0.0530. The maximum atomic E-state index is 15.7. The van der Waals surface area contributed by atoms with E-state index in [9.17, 15) is 10.2 Å². The molecule has 0 aromatic carbocycles. The van der Waals surface area contributed by atoms with Gasteiger partial charge < -0.3 is 26.0 Å². The number of fused-ring (bicyclic) bond motifs is 1. The Labute approximate surface area is 148 Å². The van der Waals surface area contributed by atoms with Crippen molar-refractivity contribution in [3.63, 3.8) is 0 Å². The van der Waals surface area contributed by atoms with Crippen LogP contribution in [0.2, 0.25) is 0 Å². The summed E-state index contributed by atoms with van der Waals surface area (Å²) < 4.78 is 22.7. The molecule has 1 saturated carbocycles. The summed E-state index contributed by atoms with van der Waals surface area (Å²) in [4.78, 5) is 12.6. The summed E-state index contributed by atoms with van der Waals surface area (Å²) in [6.45, 7) is 4.58. The van der Waals surface area contributed by atoms with Crippen LogP contribution in [0.4, 0.5) is 16.2 Å². The molecule has 2 aliphatic rings. The normalized spacial score (nSPS) is 31.5. The lowest BCUT2D eigenvalue weighted by Crippen LogP contribution is -2.44. The number of aliphatic hydroxyl groups excluding tert-OH is 2. The maximum absolute atomic E-state index is 15.7. The van der Waals surface area contributed by atoms with Crippen molar-refractivity contribution in [1.29, 1.82) is 0 Å². The fourth-order valence-electron chi connectivity index (χ4n) is 3.26. The number of halogens is 1. The second kappa shape index (κ2) is 5.86. The van der Waals surface area contributed by atoms with Gasteiger partial charge in [0.05, 0.1) is 12.9 Å². The Hall–Kier alpha value is -2.30. The molecule has 2 aromatic heterocycles. The minimum absolute atomic E-state index is 0.0134. The van der Waals surface area contributed by atoms with Gasteiger partial charge in [0.1, 0.15) is 12.2 Å². The molecule has 0 amide bonds. The quantitative estimate of drug-likeness (QED) is 0.565. The number of nitrogens with two attached hydrogens (primary N) is 1. The van der Waals surface area contributed by atoms with Crippen molar-refractivity contribution in [3.05, 3.63) is 18.5 Å². The van der Waals surface area contributed by atoms with Gasteiger partial charge in [0.25, 0.3) is 0 Å². The summed E-state index contributed by atoms with van der Waals surface area (Å²) in [5.41, 5.74) is 4.28. The predicted molar refractivity (Wildman–Crippen MR) is 92.0 cm³/mol. The van der Waals surface area contributed by atoms with Crippen LogP contribution in [0.15, 0.2) is 18.5 Å². The molecule has 3 heterocycles. The van der Waals surface area contributed by atoms with E-state index >= 15 is 4.39 Å². The van der Waals surface area contributed by atoms with E-state index in [4.69, 9.17) is 10.5 Å². The smallest absolute Gasteiger partial charge is 0.224 e. The monoisotopic (exact) mass is 364 g/mol. The largest absolute Gasteiger partial charge is 0.394 e. The third-order valence-electron chi connectivity index (χ3n) is 4.89. The van der Waals surface area contributed by atoms with Crippen LogP contribution >= 0.6 is 0 Å². The van der Waals surface area contributed by atoms with Gasteiger partial charge in [-0.1, -0.05) is 6.58 Å². The number of anilines is 2. The van der Waals surface area contributed by atoms with E-state index in [0.717, 1.165) is 12.8 Å². The van der Waals surface area contributed by atoms with Crippen molar-refractivity contribution in [2.24, 2.45) is 0 Å². The van der Waals surface area contributed by atoms with Crippen molar-refractivity contribution in [2.75, 3.05) is 17.7 Å². The van der Waals surface area contributed by atoms with E-state index in [1.54, 1.807) is 0 Å². The SMILES string of the molecule is C=C(C)[C@@]1(F)[C@H](O)[C@@H](CO)O[C@H]1n1cnc2c(NC3CC3)nc(N)nc21. The molecule has 0 radical (unpaired) electrons. The molecule has 4 rings (SSSR count). The topological polar surface area (TPSA) is 131 Å². The fourth-order valence-corrected chi connectivity index (χ4v) is 3.26. The van der Waals surface area contributed by atoms with E-state index < -0.39 is 30.7 Å². The van der Waals surface area contributed by atoms with Crippen LogP contribution in [0.25, 0.3) is 11.2 Å². The number of ether oxygens (including phenoxy) is 1. The zero-order chi connectivity index (χ0) is 18.6. The van der Waals surface area contributed by atoms with Crippen molar-refractivity contribution in [1.82, 2.24) is 19.5 Å². The van der Waals surface area contributed by atoms with Gasteiger partial charge in [0.2, 0.25) is 11.6 Å². The maximum Gasteiger partial charge on any atom is 0.224 e. The first-order chi connectivity index (χ1) is 12.4. The molecular weight excluding hydrogens is 343 g/mol. The van der Waals surface area contributed by atoms with Crippen molar-refractivity contribution >= 4 is 22.9 Å². The Morgan fingerprint density at radius 3 is 2.88 bits per heavy atom. The van der Waals surface area contributed by atoms with E-state index in [2.05, 4.69) is 26.8 Å². The zero-order valence-electron chi connectivity index (χ0n) is 14.3. The fraction of sp³-hybridized carbons (Fsp3) is 0.562. The lowest BCUT2D eigenvalue weighted by atomic mass is 9.89. The zero-order valence-corrected chi connectivity index (χ0v) is 14.3. The van der Waals surface area contributed by atoms with Crippen molar-refractivity contribution in [2.45, 2.75) is 49.9 Å². The standard InChI is InChI=1S/C16H21FN6O3/c1-7(2)16(17)11(25)9(5-24)26-14(16)23-6-19-10-12(20-8-3-4-8)21-15(18)22-13(10)23/h6,8-9,11,14,24-25H,1,3-5H2,2H3,(H3,18,20,21,22)/t9-,11-,14-,16-/m1/s1. The highest BCUT2D eigenvalue weighted by Gasteiger charge is 2.59. The molecule has 1 aliphatic carbocycles. The number of imidazole rings is 1. The first kappa shape index (κ1) is 17.1. The van der Waals surface area contributed by atoms with Gasteiger partial charge in [-0.25, -0.2) is 9.37 Å². The molecule has 1 saturated heterocycles. The van der Waals surface area contributed by atoms with Gasteiger partial charge >= 0.3 is 0 Å². The predicted octanol–water partition coefficient (Wildman–Crippen LogP) is 0.518. The number of nitrogens with one attached hydrogen (secondary N) is 1. The number of hydrogen-bond donors (Lipinski definition) is 4. The third kappa shape index (κ3) is 2.44. The van der Waals surface area contributed by atoms with E-state index in [1.807, 2.05) is 0 Å². The second-order valence-electron chi connectivity index (χ2n) is 6.88. The van der Waals surface area contributed by atoms with Gasteiger partial charge in [-0.2, -0.15) is 9.97 Å². The molecule has 26 heavy (non-hydrogen) atoms. The van der Waals surface area contributed by atoms with Gasteiger partial charge in [-0.05, 0) is 25.3 Å². The third-order valence-corrected chi connectivity index (χ3v) is 4.89. The van der Waals surface area contributed by atoms with Crippen LogP contribution in [-0.2, 0) is 4.74 Å². The Bertz CT molecular complexity index is 869. The number of rotatable bonds is 5. The molecule has 140 valence electrons. The molecule has 2 aromatic rings. The number of hydrogen-bond acceptors (Lipinski definition) is 8. The summed E-state index contributed by atoms with van der Waals surface area (Å²) >= 11 is 0. The first-order valence-electron chi connectivity index (χ1n) is 8.42. The van der Waals surface area contributed by atoms with Gasteiger partial charge in [0, 0.05) is 6.04 Å². The summed E-state index contributed by atoms with van der Waals surface area (Å²) in [5, 5.41) is 23.0. The lowest BCUT2D eigenvalue weighted by Gasteiger charge is -2.29. The Balaban J connectivity index is 1.83. The van der Waals surface area contributed by atoms with Crippen LogP contribution in [0.1, 0.15) is 26.0 Å². The highest BCUT2D eigenvalue weighted by atomic mass is 19.1. The van der Waals surface area contributed by atoms with Crippen LogP contribution in [0, 0.1) is 0 Å². The Morgan fingerprint density at radius 2 is 2.27 bits per heavy atom. The van der Waals surface area contributed by atoms with E-state index in [1.165, 1.54) is 17.8 Å². The van der Waals surface area contributed by atoms with Crippen LogP contribution in [0.3, 0.4) is 0 Å². The van der Waals surface area contributed by atoms with Gasteiger partial charge in [-0.3, -0.25) is 4.57 Å². The molecule has 4 atom stereocenters. The highest BCUT2D eigenvalue weighted by molar-refractivity contribution is 5.84. The average molecular weight is 364 g/mol. The summed E-state index contributed by atoms with van der Waals surface area (Å²) in [7, 11) is 0. The molecule has 1 aliphatic heterocycles. The van der Waals surface area contributed by atoms with E-state index in [-0.39, 0.29) is 17.2 Å². The molecule has 9 nitrogen and oxygen atoms in total. The molecule has 0 unspecified atom stereocenters. The number of nitrogen functional groups attached to an aromatic ring is 1. The molecular formula is C16H21FN6O3. The Morgan fingerprint density at radius 1 is 1.54 bits per heavy atom. The van der Waals surface area contributed by atoms with Crippen LogP contribution in [-0.4, -0.2) is 60.3 Å². The van der Waals surface area contributed by atoms with E-state index in [0.29, 0.717) is 17.4 Å².